The van der Waals surface area contributed by atoms with Crippen LogP contribution < -0.4 is 11.3 Å². The van der Waals surface area contributed by atoms with Gasteiger partial charge in [0.1, 0.15) is 0 Å². The van der Waals surface area contributed by atoms with Gasteiger partial charge in [0.2, 0.25) is 5.95 Å². The zero-order valence-electron chi connectivity index (χ0n) is 10.6. The van der Waals surface area contributed by atoms with Crippen LogP contribution in [-0.4, -0.2) is 31.2 Å². The van der Waals surface area contributed by atoms with Crippen molar-refractivity contribution in [2.24, 2.45) is 0 Å². The van der Waals surface area contributed by atoms with Crippen LogP contribution in [0.3, 0.4) is 0 Å². The van der Waals surface area contributed by atoms with Crippen LogP contribution in [0, 0.1) is 0 Å². The van der Waals surface area contributed by atoms with Gasteiger partial charge in [-0.25, -0.2) is 4.98 Å². The van der Waals surface area contributed by atoms with Crippen molar-refractivity contribution >= 4 is 17.1 Å². The lowest BCUT2D eigenvalue weighted by Gasteiger charge is -2.30. The molecule has 0 unspecified atom stereocenters. The Kier molecular flexibility index (Phi) is 2.78. The van der Waals surface area contributed by atoms with Crippen molar-refractivity contribution in [3.63, 3.8) is 0 Å². The second-order valence-corrected chi connectivity index (χ2v) is 5.14. The maximum absolute atomic E-state index is 11.8. The van der Waals surface area contributed by atoms with E-state index in [1.807, 2.05) is 4.57 Å². The largest absolute Gasteiger partial charge is 0.396 e. The van der Waals surface area contributed by atoms with E-state index in [0.29, 0.717) is 17.6 Å². The number of hydrogen-bond donors (Lipinski definition) is 3. The molecule has 3 rings (SSSR count). The first-order chi connectivity index (χ1) is 9.16. The lowest BCUT2D eigenvalue weighted by molar-refractivity contribution is 0.190. The molecule has 0 spiro atoms. The number of aliphatic hydroxyl groups excluding tert-OH is 1. The summed E-state index contributed by atoms with van der Waals surface area (Å²) in [6, 6.07) is 0. The quantitative estimate of drug-likeness (QED) is 0.740. The van der Waals surface area contributed by atoms with Gasteiger partial charge in [-0.2, -0.15) is 4.98 Å². The molecule has 0 aromatic carbocycles. The lowest BCUT2D eigenvalue weighted by atomic mass is 9.93. The van der Waals surface area contributed by atoms with E-state index in [2.05, 4.69) is 15.0 Å². The molecule has 2 aromatic heterocycles. The fourth-order valence-corrected chi connectivity index (χ4v) is 3.13. The minimum Gasteiger partial charge on any atom is -0.396 e. The summed E-state index contributed by atoms with van der Waals surface area (Å²) >= 11 is 0. The summed E-state index contributed by atoms with van der Waals surface area (Å²) in [7, 11) is 0. The second-order valence-electron chi connectivity index (χ2n) is 5.14. The van der Waals surface area contributed by atoms with Gasteiger partial charge in [0, 0.05) is 12.1 Å². The van der Waals surface area contributed by atoms with Crippen LogP contribution in [0.5, 0.6) is 0 Å². The topological polar surface area (TPSA) is 110 Å². The van der Waals surface area contributed by atoms with E-state index in [0.717, 1.165) is 25.7 Å². The molecule has 0 saturated heterocycles. The summed E-state index contributed by atoms with van der Waals surface area (Å²) < 4.78 is 1.93. The van der Waals surface area contributed by atoms with Crippen LogP contribution in [0.4, 0.5) is 5.95 Å². The Morgan fingerprint density at radius 1 is 1.47 bits per heavy atom. The molecule has 2 heterocycles. The SMILES string of the molecule is Nc1nc2c(ncn2C2(CCO)CCCC2)c(=O)[nH]1. The van der Waals surface area contributed by atoms with Crippen LogP contribution in [0.2, 0.25) is 0 Å². The number of nitrogens with one attached hydrogen (secondary N) is 1. The van der Waals surface area contributed by atoms with E-state index in [4.69, 9.17) is 5.73 Å². The highest BCUT2D eigenvalue weighted by Crippen LogP contribution is 2.40. The maximum atomic E-state index is 11.8. The molecular formula is C12H17N5O2. The van der Waals surface area contributed by atoms with Crippen LogP contribution in [-0.2, 0) is 5.54 Å². The van der Waals surface area contributed by atoms with E-state index in [1.165, 1.54) is 0 Å². The highest BCUT2D eigenvalue weighted by molar-refractivity contribution is 5.70. The van der Waals surface area contributed by atoms with Crippen LogP contribution in [0.25, 0.3) is 11.2 Å². The summed E-state index contributed by atoms with van der Waals surface area (Å²) in [6.45, 7) is 0.109. The van der Waals surface area contributed by atoms with Crippen molar-refractivity contribution < 1.29 is 5.11 Å². The Morgan fingerprint density at radius 2 is 2.21 bits per heavy atom. The smallest absolute Gasteiger partial charge is 0.280 e. The van der Waals surface area contributed by atoms with E-state index in [-0.39, 0.29) is 23.7 Å². The number of rotatable bonds is 3. The number of anilines is 1. The van der Waals surface area contributed by atoms with E-state index < -0.39 is 0 Å². The molecule has 7 nitrogen and oxygen atoms in total. The third-order valence-corrected chi connectivity index (χ3v) is 4.05. The van der Waals surface area contributed by atoms with Crippen molar-refractivity contribution in [2.75, 3.05) is 12.3 Å². The number of aromatic nitrogens is 4. The van der Waals surface area contributed by atoms with E-state index in [9.17, 15) is 9.90 Å². The normalized spacial score (nSPS) is 18.2. The fraction of sp³-hybridized carbons (Fsp3) is 0.583. The predicted octanol–water partition coefficient (Wildman–Crippen LogP) is 0.353. The molecule has 7 heteroatoms. The summed E-state index contributed by atoms with van der Waals surface area (Å²) in [5.41, 5.74) is 5.92. The summed E-state index contributed by atoms with van der Waals surface area (Å²) in [5, 5.41) is 9.33. The molecule has 0 aliphatic heterocycles. The summed E-state index contributed by atoms with van der Waals surface area (Å²) in [4.78, 5) is 22.6. The highest BCUT2D eigenvalue weighted by Gasteiger charge is 2.36. The van der Waals surface area contributed by atoms with Crippen LogP contribution >= 0.6 is 0 Å². The van der Waals surface area contributed by atoms with E-state index in [1.54, 1.807) is 6.33 Å². The molecular weight excluding hydrogens is 246 g/mol. The molecule has 2 aromatic rings. The average Bonchev–Trinajstić information content (AvgIpc) is 2.96. The van der Waals surface area contributed by atoms with Gasteiger partial charge in [0.25, 0.3) is 5.56 Å². The minimum absolute atomic E-state index is 0.0939. The Balaban J connectivity index is 2.21. The van der Waals surface area contributed by atoms with Gasteiger partial charge in [-0.1, -0.05) is 12.8 Å². The fourth-order valence-electron chi connectivity index (χ4n) is 3.13. The highest BCUT2D eigenvalue weighted by atomic mass is 16.3. The molecule has 102 valence electrons. The standard InChI is InChI=1S/C12H17N5O2/c13-11-15-9-8(10(19)16-11)14-7-17(9)12(5-6-18)3-1-2-4-12/h7,18H,1-6H2,(H3,13,15,16,19). The van der Waals surface area contributed by atoms with Crippen LogP contribution in [0.15, 0.2) is 11.1 Å². The number of nitrogens with two attached hydrogens (primary N) is 1. The lowest BCUT2D eigenvalue weighted by Crippen LogP contribution is -2.31. The number of aliphatic hydroxyl groups is 1. The zero-order chi connectivity index (χ0) is 13.5. The van der Waals surface area contributed by atoms with Crippen molar-refractivity contribution in [3.8, 4) is 0 Å². The molecule has 0 bridgehead atoms. The predicted molar refractivity (Wildman–Crippen MR) is 70.7 cm³/mol. The van der Waals surface area contributed by atoms with Crippen molar-refractivity contribution in [1.82, 2.24) is 19.5 Å². The summed E-state index contributed by atoms with van der Waals surface area (Å²) in [5.74, 6) is 0.0939. The molecule has 19 heavy (non-hydrogen) atoms. The molecule has 1 aliphatic carbocycles. The van der Waals surface area contributed by atoms with Gasteiger partial charge in [-0.05, 0) is 19.3 Å². The van der Waals surface area contributed by atoms with Gasteiger partial charge in [-0.3, -0.25) is 9.78 Å². The summed E-state index contributed by atoms with van der Waals surface area (Å²) in [6.07, 6.45) is 6.44. The zero-order valence-corrected chi connectivity index (χ0v) is 10.6. The van der Waals surface area contributed by atoms with Crippen LogP contribution in [0.1, 0.15) is 32.1 Å². The Hall–Kier alpha value is -1.89. The van der Waals surface area contributed by atoms with Gasteiger partial charge in [-0.15, -0.1) is 0 Å². The number of H-pyrrole nitrogens is 1. The first-order valence-corrected chi connectivity index (χ1v) is 6.50. The molecule has 4 N–H and O–H groups in total. The average molecular weight is 263 g/mol. The van der Waals surface area contributed by atoms with Gasteiger partial charge >= 0.3 is 0 Å². The Bertz CT molecular complexity index is 654. The number of nitrogens with zero attached hydrogens (tertiary/aromatic N) is 3. The molecule has 0 atom stereocenters. The van der Waals surface area contributed by atoms with Gasteiger partial charge < -0.3 is 15.4 Å². The molecule has 1 aliphatic rings. The third kappa shape index (κ3) is 1.81. The minimum atomic E-state index is -0.321. The number of nitrogen functional groups attached to an aromatic ring is 1. The van der Waals surface area contributed by atoms with Gasteiger partial charge in [0.15, 0.2) is 11.2 Å². The third-order valence-electron chi connectivity index (χ3n) is 4.05. The molecule has 0 radical (unpaired) electrons. The Morgan fingerprint density at radius 3 is 2.89 bits per heavy atom. The number of aromatic amines is 1. The number of fused-ring (bicyclic) bond motifs is 1. The first kappa shape index (κ1) is 12.2. The molecule has 0 amide bonds. The maximum Gasteiger partial charge on any atom is 0.280 e. The number of hydrogen-bond acceptors (Lipinski definition) is 5. The van der Waals surface area contributed by atoms with Gasteiger partial charge in [0.05, 0.1) is 6.33 Å². The van der Waals surface area contributed by atoms with Crippen molar-refractivity contribution in [1.29, 1.82) is 0 Å². The second kappa shape index (κ2) is 4.34. The Labute approximate surface area is 109 Å². The monoisotopic (exact) mass is 263 g/mol. The first-order valence-electron chi connectivity index (χ1n) is 6.50. The van der Waals surface area contributed by atoms with E-state index >= 15 is 0 Å². The molecule has 1 fully saturated rings. The number of imidazole rings is 1. The van der Waals surface area contributed by atoms with Crippen molar-refractivity contribution in [2.45, 2.75) is 37.6 Å². The van der Waals surface area contributed by atoms with Crippen molar-refractivity contribution in [3.05, 3.63) is 16.7 Å². The molecule has 1 saturated carbocycles.